The van der Waals surface area contributed by atoms with Crippen molar-refractivity contribution in [1.29, 1.82) is 0 Å². The van der Waals surface area contributed by atoms with E-state index < -0.39 is 0 Å². The molecule has 1 unspecified atom stereocenters. The molecule has 1 atom stereocenters. The summed E-state index contributed by atoms with van der Waals surface area (Å²) in [7, 11) is 0. The first-order chi connectivity index (χ1) is 9.74. The first kappa shape index (κ1) is 14.6. The SMILES string of the molecule is CCN(Cc1cccc(C)n1)C(CN)c1ccccn1. The van der Waals surface area contributed by atoms with Crippen molar-refractivity contribution in [3.8, 4) is 0 Å². The van der Waals surface area contributed by atoms with Crippen LogP contribution in [0, 0.1) is 6.92 Å². The molecule has 2 aromatic heterocycles. The van der Waals surface area contributed by atoms with Crippen LogP contribution in [0.3, 0.4) is 0 Å². The van der Waals surface area contributed by atoms with Crippen LogP contribution < -0.4 is 5.73 Å². The Morgan fingerprint density at radius 2 is 2.05 bits per heavy atom. The van der Waals surface area contributed by atoms with Gasteiger partial charge in [0, 0.05) is 25.0 Å². The molecular weight excluding hydrogens is 248 g/mol. The first-order valence-electron chi connectivity index (χ1n) is 7.02. The van der Waals surface area contributed by atoms with Crippen molar-refractivity contribution >= 4 is 0 Å². The van der Waals surface area contributed by atoms with Gasteiger partial charge in [-0.1, -0.05) is 19.1 Å². The Bertz CT molecular complexity index is 527. The number of nitrogens with two attached hydrogens (primary N) is 1. The lowest BCUT2D eigenvalue weighted by molar-refractivity contribution is 0.197. The van der Waals surface area contributed by atoms with Gasteiger partial charge in [0.05, 0.1) is 17.4 Å². The number of hydrogen-bond donors (Lipinski definition) is 1. The Kier molecular flexibility index (Phi) is 5.21. The fourth-order valence-corrected chi connectivity index (χ4v) is 2.37. The topological polar surface area (TPSA) is 55.0 Å². The number of aromatic nitrogens is 2. The van der Waals surface area contributed by atoms with Crippen LogP contribution in [0.15, 0.2) is 42.6 Å². The summed E-state index contributed by atoms with van der Waals surface area (Å²) in [6, 6.07) is 12.2. The normalized spacial score (nSPS) is 12.6. The average molecular weight is 270 g/mol. The van der Waals surface area contributed by atoms with Gasteiger partial charge in [0.1, 0.15) is 0 Å². The van der Waals surface area contributed by atoms with Crippen molar-refractivity contribution in [3.63, 3.8) is 0 Å². The van der Waals surface area contributed by atoms with Gasteiger partial charge in [-0.05, 0) is 37.7 Å². The first-order valence-corrected chi connectivity index (χ1v) is 7.02. The number of nitrogens with zero attached hydrogens (tertiary/aromatic N) is 3. The van der Waals surface area contributed by atoms with Gasteiger partial charge >= 0.3 is 0 Å². The summed E-state index contributed by atoms with van der Waals surface area (Å²) >= 11 is 0. The smallest absolute Gasteiger partial charge is 0.0647 e. The summed E-state index contributed by atoms with van der Waals surface area (Å²) in [5.41, 5.74) is 9.09. The Morgan fingerprint density at radius 3 is 2.65 bits per heavy atom. The lowest BCUT2D eigenvalue weighted by atomic mass is 10.1. The molecule has 0 fully saturated rings. The molecule has 0 saturated heterocycles. The quantitative estimate of drug-likeness (QED) is 0.875. The van der Waals surface area contributed by atoms with E-state index in [2.05, 4.69) is 27.9 Å². The van der Waals surface area contributed by atoms with Gasteiger partial charge in [0.25, 0.3) is 0 Å². The summed E-state index contributed by atoms with van der Waals surface area (Å²) in [6.07, 6.45) is 1.82. The van der Waals surface area contributed by atoms with Gasteiger partial charge in [-0.2, -0.15) is 0 Å². The predicted molar refractivity (Wildman–Crippen MR) is 81.1 cm³/mol. The molecule has 2 heterocycles. The molecule has 2 rings (SSSR count). The van der Waals surface area contributed by atoms with E-state index in [1.54, 1.807) is 0 Å². The Labute approximate surface area is 120 Å². The molecule has 0 aliphatic rings. The lowest BCUT2D eigenvalue weighted by Crippen LogP contribution is -2.34. The van der Waals surface area contributed by atoms with Gasteiger partial charge in [-0.25, -0.2) is 0 Å². The predicted octanol–water partition coefficient (Wildman–Crippen LogP) is 2.31. The second-order valence-corrected chi connectivity index (χ2v) is 4.84. The van der Waals surface area contributed by atoms with Crippen LogP contribution >= 0.6 is 0 Å². The van der Waals surface area contributed by atoms with Crippen molar-refractivity contribution in [2.75, 3.05) is 13.1 Å². The molecule has 106 valence electrons. The fraction of sp³-hybridized carbons (Fsp3) is 0.375. The van der Waals surface area contributed by atoms with Crippen LogP contribution in [0.25, 0.3) is 0 Å². The molecule has 0 radical (unpaired) electrons. The molecule has 2 N–H and O–H groups in total. The van der Waals surface area contributed by atoms with Crippen molar-refractivity contribution in [2.24, 2.45) is 5.73 Å². The summed E-state index contributed by atoms with van der Waals surface area (Å²) in [5, 5.41) is 0. The van der Waals surface area contributed by atoms with E-state index in [-0.39, 0.29) is 6.04 Å². The van der Waals surface area contributed by atoms with Gasteiger partial charge in [-0.15, -0.1) is 0 Å². The maximum atomic E-state index is 5.96. The molecule has 0 amide bonds. The lowest BCUT2D eigenvalue weighted by Gasteiger charge is -2.29. The maximum absolute atomic E-state index is 5.96. The minimum atomic E-state index is 0.128. The van der Waals surface area contributed by atoms with Crippen LogP contribution in [-0.4, -0.2) is 28.0 Å². The van der Waals surface area contributed by atoms with E-state index in [1.165, 1.54) is 0 Å². The molecule has 0 bridgehead atoms. The summed E-state index contributed by atoms with van der Waals surface area (Å²) in [4.78, 5) is 11.3. The average Bonchev–Trinajstić information content (AvgIpc) is 2.48. The van der Waals surface area contributed by atoms with Crippen molar-refractivity contribution in [1.82, 2.24) is 14.9 Å². The summed E-state index contributed by atoms with van der Waals surface area (Å²) in [5.74, 6) is 0. The maximum Gasteiger partial charge on any atom is 0.0647 e. The third-order valence-electron chi connectivity index (χ3n) is 3.41. The zero-order valence-electron chi connectivity index (χ0n) is 12.2. The number of rotatable bonds is 6. The van der Waals surface area contributed by atoms with Gasteiger partial charge < -0.3 is 5.73 Å². The minimum absolute atomic E-state index is 0.128. The van der Waals surface area contributed by atoms with Crippen LogP contribution in [0.4, 0.5) is 0 Å². The zero-order valence-corrected chi connectivity index (χ0v) is 12.2. The monoisotopic (exact) mass is 270 g/mol. The highest BCUT2D eigenvalue weighted by molar-refractivity contribution is 5.12. The van der Waals surface area contributed by atoms with Crippen LogP contribution in [0.5, 0.6) is 0 Å². The fourth-order valence-electron chi connectivity index (χ4n) is 2.37. The molecule has 4 nitrogen and oxygen atoms in total. The Morgan fingerprint density at radius 1 is 1.20 bits per heavy atom. The highest BCUT2D eigenvalue weighted by Gasteiger charge is 2.19. The van der Waals surface area contributed by atoms with Crippen LogP contribution in [0.2, 0.25) is 0 Å². The van der Waals surface area contributed by atoms with E-state index in [0.29, 0.717) is 6.54 Å². The summed E-state index contributed by atoms with van der Waals surface area (Å²) < 4.78 is 0. The minimum Gasteiger partial charge on any atom is -0.329 e. The van der Waals surface area contributed by atoms with E-state index >= 15 is 0 Å². The zero-order chi connectivity index (χ0) is 14.4. The third-order valence-corrected chi connectivity index (χ3v) is 3.41. The number of aryl methyl sites for hydroxylation is 1. The Balaban J connectivity index is 2.18. The van der Waals surface area contributed by atoms with Gasteiger partial charge in [0.15, 0.2) is 0 Å². The number of hydrogen-bond acceptors (Lipinski definition) is 4. The molecule has 0 aliphatic heterocycles. The Hall–Kier alpha value is -1.78. The van der Waals surface area contributed by atoms with Crippen LogP contribution in [-0.2, 0) is 6.54 Å². The standard InChI is InChI=1S/C16H22N4/c1-3-20(12-14-8-6-7-13(2)19-14)16(11-17)15-9-4-5-10-18-15/h4-10,16H,3,11-12,17H2,1-2H3. The highest BCUT2D eigenvalue weighted by Crippen LogP contribution is 2.19. The third kappa shape index (κ3) is 3.62. The molecule has 0 aromatic carbocycles. The number of likely N-dealkylation sites (N-methyl/N-ethyl adjacent to an activating group) is 1. The van der Waals surface area contributed by atoms with Crippen LogP contribution in [0.1, 0.15) is 30.0 Å². The van der Waals surface area contributed by atoms with E-state index in [4.69, 9.17) is 5.73 Å². The van der Waals surface area contributed by atoms with Gasteiger partial charge in [-0.3, -0.25) is 14.9 Å². The second kappa shape index (κ2) is 7.12. The largest absolute Gasteiger partial charge is 0.329 e. The molecule has 0 spiro atoms. The highest BCUT2D eigenvalue weighted by atomic mass is 15.2. The van der Waals surface area contributed by atoms with Gasteiger partial charge in [0.2, 0.25) is 0 Å². The molecule has 0 saturated carbocycles. The van der Waals surface area contributed by atoms with Crippen molar-refractivity contribution in [2.45, 2.75) is 26.4 Å². The molecule has 0 aliphatic carbocycles. The van der Waals surface area contributed by atoms with E-state index in [9.17, 15) is 0 Å². The number of pyridine rings is 2. The van der Waals surface area contributed by atoms with E-state index in [0.717, 1.165) is 30.2 Å². The van der Waals surface area contributed by atoms with Crippen molar-refractivity contribution < 1.29 is 0 Å². The molecular formula is C16H22N4. The summed E-state index contributed by atoms with van der Waals surface area (Å²) in [6.45, 7) is 6.40. The molecule has 4 heteroatoms. The molecule has 2 aromatic rings. The molecule has 20 heavy (non-hydrogen) atoms. The second-order valence-electron chi connectivity index (χ2n) is 4.84. The van der Waals surface area contributed by atoms with E-state index in [1.807, 2.05) is 43.5 Å². The van der Waals surface area contributed by atoms with Crippen molar-refractivity contribution in [3.05, 3.63) is 59.7 Å².